The number of carbonyl (C=O) groups is 2. The smallest absolute Gasteiger partial charge is 0.404 e. The van der Waals surface area contributed by atoms with Gasteiger partial charge in [0.05, 0.1) is 12.6 Å². The normalized spacial score (nSPS) is 13.8. The molecule has 174 valence electrons. The molecule has 0 bridgehead atoms. The van der Waals surface area contributed by atoms with E-state index in [0.717, 1.165) is 10.4 Å². The minimum Gasteiger partial charge on any atom is -0.465 e. The summed E-state index contributed by atoms with van der Waals surface area (Å²) in [5, 5.41) is 25.2. The number of benzene rings is 2. The van der Waals surface area contributed by atoms with Gasteiger partial charge in [0.1, 0.15) is 0 Å². The highest BCUT2D eigenvalue weighted by Gasteiger charge is 2.50. The maximum absolute atomic E-state index is 11.4. The standard InChI is InChI=1S/C24H34N2O5Si/c1-18(25-22(27)28)15-16-19(26-23(29)30)17-31-32(24(2,3)4,20-11-7-5-8-12-20)21-13-9-6-10-14-21/h5-14,18-19,25-26H,15-17H2,1-4H3,(H,27,28)(H,29,30). The summed E-state index contributed by atoms with van der Waals surface area (Å²) in [5.41, 5.74) is 0. The van der Waals surface area contributed by atoms with Gasteiger partial charge in [-0.2, -0.15) is 0 Å². The van der Waals surface area contributed by atoms with E-state index in [0.29, 0.717) is 12.8 Å². The van der Waals surface area contributed by atoms with E-state index in [1.807, 2.05) is 36.4 Å². The molecule has 2 rings (SSSR count). The Balaban J connectivity index is 2.37. The molecule has 0 aromatic heterocycles. The van der Waals surface area contributed by atoms with E-state index in [9.17, 15) is 14.7 Å². The Bertz CT molecular complexity index is 831. The van der Waals surface area contributed by atoms with Crippen molar-refractivity contribution in [3.05, 3.63) is 60.7 Å². The Hall–Kier alpha value is -2.84. The number of amides is 2. The van der Waals surface area contributed by atoms with Crippen molar-refractivity contribution in [3.8, 4) is 0 Å². The van der Waals surface area contributed by atoms with Crippen LogP contribution in [-0.2, 0) is 4.43 Å². The number of carboxylic acid groups (broad SMARTS) is 2. The van der Waals surface area contributed by atoms with Crippen LogP contribution in [0.1, 0.15) is 40.5 Å². The monoisotopic (exact) mass is 458 g/mol. The molecule has 2 unspecified atom stereocenters. The van der Waals surface area contributed by atoms with Gasteiger partial charge in [-0.1, -0.05) is 81.4 Å². The third kappa shape index (κ3) is 6.58. The Kier molecular flexibility index (Phi) is 8.86. The van der Waals surface area contributed by atoms with Crippen LogP contribution in [0.25, 0.3) is 0 Å². The fraction of sp³-hybridized carbons (Fsp3) is 0.417. The van der Waals surface area contributed by atoms with Crippen molar-refractivity contribution >= 4 is 30.9 Å². The van der Waals surface area contributed by atoms with Gasteiger partial charge in [0, 0.05) is 6.04 Å². The summed E-state index contributed by atoms with van der Waals surface area (Å²) in [6.07, 6.45) is -1.28. The molecule has 8 heteroatoms. The van der Waals surface area contributed by atoms with Crippen molar-refractivity contribution in [2.75, 3.05) is 6.61 Å². The average molecular weight is 459 g/mol. The van der Waals surface area contributed by atoms with E-state index in [4.69, 9.17) is 9.53 Å². The molecule has 0 saturated heterocycles. The second-order valence-electron chi connectivity index (χ2n) is 9.05. The Morgan fingerprint density at radius 2 is 1.34 bits per heavy atom. The second-order valence-corrected chi connectivity index (χ2v) is 13.4. The molecule has 0 aliphatic rings. The molecule has 0 heterocycles. The van der Waals surface area contributed by atoms with Crippen LogP contribution in [0.4, 0.5) is 9.59 Å². The molecule has 7 nitrogen and oxygen atoms in total. The summed E-state index contributed by atoms with van der Waals surface area (Å²) in [4.78, 5) is 22.3. The van der Waals surface area contributed by atoms with E-state index in [1.54, 1.807) is 6.92 Å². The molecule has 2 aromatic rings. The molecule has 32 heavy (non-hydrogen) atoms. The van der Waals surface area contributed by atoms with Crippen LogP contribution in [0, 0.1) is 0 Å². The van der Waals surface area contributed by atoms with Gasteiger partial charge in [-0.3, -0.25) is 0 Å². The molecule has 2 aromatic carbocycles. The highest BCUT2D eigenvalue weighted by molar-refractivity contribution is 6.99. The molecule has 4 N–H and O–H groups in total. The topological polar surface area (TPSA) is 108 Å². The van der Waals surface area contributed by atoms with Crippen LogP contribution < -0.4 is 21.0 Å². The van der Waals surface area contributed by atoms with E-state index in [1.165, 1.54) is 0 Å². The van der Waals surface area contributed by atoms with Gasteiger partial charge in [-0.15, -0.1) is 0 Å². The lowest BCUT2D eigenvalue weighted by molar-refractivity contribution is 0.174. The van der Waals surface area contributed by atoms with Crippen molar-refractivity contribution in [2.24, 2.45) is 0 Å². The van der Waals surface area contributed by atoms with Gasteiger partial charge >= 0.3 is 12.2 Å². The highest BCUT2D eigenvalue weighted by atomic mass is 28.4. The third-order valence-corrected chi connectivity index (χ3v) is 10.6. The molecule has 2 atom stereocenters. The summed E-state index contributed by atoms with van der Waals surface area (Å²) in [6.45, 7) is 8.45. The molecule has 0 radical (unpaired) electrons. The number of nitrogens with one attached hydrogen (secondary N) is 2. The Morgan fingerprint density at radius 1 is 0.875 bits per heavy atom. The van der Waals surface area contributed by atoms with Gasteiger partial charge in [0.15, 0.2) is 0 Å². The minimum absolute atomic E-state index is 0.194. The van der Waals surface area contributed by atoms with Crippen molar-refractivity contribution in [2.45, 2.75) is 57.7 Å². The van der Waals surface area contributed by atoms with Crippen molar-refractivity contribution in [3.63, 3.8) is 0 Å². The number of hydrogen-bond donors (Lipinski definition) is 4. The average Bonchev–Trinajstić information content (AvgIpc) is 2.72. The fourth-order valence-electron chi connectivity index (χ4n) is 4.09. The van der Waals surface area contributed by atoms with E-state index < -0.39 is 26.5 Å². The first-order valence-corrected chi connectivity index (χ1v) is 12.7. The second kappa shape index (κ2) is 11.1. The van der Waals surface area contributed by atoms with Gasteiger partial charge in [-0.25, -0.2) is 9.59 Å². The zero-order valence-corrected chi connectivity index (χ0v) is 20.2. The van der Waals surface area contributed by atoms with Gasteiger partial charge in [0.2, 0.25) is 0 Å². The maximum atomic E-state index is 11.4. The predicted octanol–water partition coefficient (Wildman–Crippen LogP) is 3.64. The van der Waals surface area contributed by atoms with Gasteiger partial charge in [-0.05, 0) is 35.2 Å². The predicted molar refractivity (Wildman–Crippen MR) is 128 cm³/mol. The van der Waals surface area contributed by atoms with E-state index in [2.05, 4.69) is 55.7 Å². The summed E-state index contributed by atoms with van der Waals surface area (Å²) in [7, 11) is -2.79. The lowest BCUT2D eigenvalue weighted by atomic mass is 10.1. The van der Waals surface area contributed by atoms with Crippen molar-refractivity contribution in [1.82, 2.24) is 10.6 Å². The fourth-order valence-corrected chi connectivity index (χ4v) is 8.70. The first-order chi connectivity index (χ1) is 15.1. The lowest BCUT2D eigenvalue weighted by Gasteiger charge is -2.43. The van der Waals surface area contributed by atoms with Crippen LogP contribution in [0.2, 0.25) is 5.04 Å². The molecule has 0 saturated carbocycles. The Morgan fingerprint density at radius 3 is 1.75 bits per heavy atom. The maximum Gasteiger partial charge on any atom is 0.404 e. The van der Waals surface area contributed by atoms with Crippen LogP contribution in [0.15, 0.2) is 60.7 Å². The molecule has 0 aliphatic carbocycles. The number of rotatable bonds is 10. The summed E-state index contributed by atoms with van der Waals surface area (Å²) >= 11 is 0. The highest BCUT2D eigenvalue weighted by Crippen LogP contribution is 2.36. The molecule has 0 aliphatic heterocycles. The molecule has 0 fully saturated rings. The largest absolute Gasteiger partial charge is 0.465 e. The quantitative estimate of drug-likeness (QED) is 0.407. The zero-order valence-electron chi connectivity index (χ0n) is 19.2. The summed E-state index contributed by atoms with van der Waals surface area (Å²) in [6, 6.07) is 19.5. The van der Waals surface area contributed by atoms with Gasteiger partial charge < -0.3 is 25.3 Å². The summed E-state index contributed by atoms with van der Waals surface area (Å²) in [5.74, 6) is 0. The number of hydrogen-bond acceptors (Lipinski definition) is 3. The minimum atomic E-state index is -2.79. The van der Waals surface area contributed by atoms with Crippen molar-refractivity contribution < 1.29 is 24.2 Å². The molecule has 2 amide bonds. The SMILES string of the molecule is CC(CCC(CO[Si](c1ccccc1)(c1ccccc1)C(C)(C)C)NC(=O)O)NC(=O)O. The van der Waals surface area contributed by atoms with Crippen LogP contribution in [0.3, 0.4) is 0 Å². The molecule has 0 spiro atoms. The van der Waals surface area contributed by atoms with E-state index in [-0.39, 0.29) is 17.7 Å². The summed E-state index contributed by atoms with van der Waals surface area (Å²) < 4.78 is 6.82. The van der Waals surface area contributed by atoms with Gasteiger partial charge in [0.25, 0.3) is 8.32 Å². The first-order valence-electron chi connectivity index (χ1n) is 10.8. The van der Waals surface area contributed by atoms with Crippen molar-refractivity contribution in [1.29, 1.82) is 0 Å². The third-order valence-electron chi connectivity index (χ3n) is 5.56. The molecular weight excluding hydrogens is 424 g/mol. The zero-order chi connectivity index (χ0) is 23.8. The van der Waals surface area contributed by atoms with Crippen LogP contribution >= 0.6 is 0 Å². The Labute approximate surface area is 190 Å². The van der Waals surface area contributed by atoms with Crippen LogP contribution in [0.5, 0.6) is 0 Å². The first kappa shape index (κ1) is 25.4. The molecular formula is C24H34N2O5Si. The van der Waals surface area contributed by atoms with E-state index >= 15 is 0 Å². The lowest BCUT2D eigenvalue weighted by Crippen LogP contribution is -2.67. The van der Waals surface area contributed by atoms with Crippen LogP contribution in [-0.4, -0.2) is 49.4 Å².